The van der Waals surface area contributed by atoms with Gasteiger partial charge in [-0.3, -0.25) is 0 Å². The van der Waals surface area contributed by atoms with E-state index in [0.717, 1.165) is 0 Å². The van der Waals surface area contributed by atoms with Crippen LogP contribution in [0.4, 0.5) is 5.69 Å². The third kappa shape index (κ3) is 2.15. The van der Waals surface area contributed by atoms with Gasteiger partial charge in [-0.2, -0.15) is 0 Å². The maximum atomic E-state index is 3.32. The van der Waals surface area contributed by atoms with Gasteiger partial charge in [0.25, 0.3) is 0 Å². The van der Waals surface area contributed by atoms with E-state index in [2.05, 4.69) is 41.4 Å². The van der Waals surface area contributed by atoms with E-state index in [1.54, 1.807) is 0 Å². The zero-order valence-electron chi connectivity index (χ0n) is 9.66. The van der Waals surface area contributed by atoms with Gasteiger partial charge in [-0.05, 0) is 38.4 Å². The van der Waals surface area contributed by atoms with Crippen LogP contribution in [-0.4, -0.2) is 20.1 Å². The fourth-order valence-electron chi connectivity index (χ4n) is 2.26. The fraction of sp³-hybridized carbons (Fsp3) is 0.538. The fourth-order valence-corrected chi connectivity index (χ4v) is 2.26. The zero-order valence-corrected chi connectivity index (χ0v) is 9.66. The predicted octanol–water partition coefficient (Wildman–Crippen LogP) is 2.57. The zero-order chi connectivity index (χ0) is 10.7. The molecule has 1 aliphatic heterocycles. The highest BCUT2D eigenvalue weighted by atomic mass is 15.1. The molecule has 1 atom stereocenters. The summed E-state index contributed by atoms with van der Waals surface area (Å²) in [6.07, 6.45) is 2.67. The third-order valence-electron chi connectivity index (χ3n) is 3.28. The Morgan fingerprint density at radius 1 is 1.20 bits per heavy atom. The van der Waals surface area contributed by atoms with E-state index >= 15 is 0 Å². The Labute approximate surface area is 92.3 Å². The van der Waals surface area contributed by atoms with Crippen molar-refractivity contribution in [1.82, 2.24) is 5.32 Å². The summed E-state index contributed by atoms with van der Waals surface area (Å²) in [5.41, 5.74) is 2.83. The van der Waals surface area contributed by atoms with Crippen LogP contribution in [-0.2, 0) is 0 Å². The van der Waals surface area contributed by atoms with Crippen molar-refractivity contribution in [3.63, 3.8) is 0 Å². The molecule has 0 aliphatic carbocycles. The molecule has 15 heavy (non-hydrogen) atoms. The normalized spacial score (nSPS) is 18.1. The molecular weight excluding hydrogens is 184 g/mol. The maximum Gasteiger partial charge on any atom is 0.0414 e. The molecule has 82 valence electrons. The van der Waals surface area contributed by atoms with Gasteiger partial charge in [-0.1, -0.05) is 18.2 Å². The summed E-state index contributed by atoms with van der Waals surface area (Å²) in [7, 11) is 2.02. The van der Waals surface area contributed by atoms with E-state index < -0.39 is 0 Å². The first-order chi connectivity index (χ1) is 7.33. The lowest BCUT2D eigenvalue weighted by Crippen LogP contribution is -2.22. The minimum absolute atomic E-state index is 0.432. The van der Waals surface area contributed by atoms with Crippen molar-refractivity contribution in [2.75, 3.05) is 25.0 Å². The predicted molar refractivity (Wildman–Crippen MR) is 65.4 cm³/mol. The number of para-hydroxylation sites is 1. The first-order valence-electron chi connectivity index (χ1n) is 5.84. The Bertz CT molecular complexity index is 316. The Balaban J connectivity index is 2.28. The lowest BCUT2D eigenvalue weighted by atomic mass is 10.1. The monoisotopic (exact) mass is 204 g/mol. The summed E-state index contributed by atoms with van der Waals surface area (Å²) in [4.78, 5) is 2.50. The number of nitrogens with one attached hydrogen (secondary N) is 1. The molecule has 1 N–H and O–H groups in total. The van der Waals surface area contributed by atoms with Crippen molar-refractivity contribution >= 4 is 5.69 Å². The Kier molecular flexibility index (Phi) is 3.27. The second kappa shape index (κ2) is 4.67. The van der Waals surface area contributed by atoms with E-state index in [0.29, 0.717) is 6.04 Å². The van der Waals surface area contributed by atoms with Crippen LogP contribution in [0.25, 0.3) is 0 Å². The van der Waals surface area contributed by atoms with Crippen molar-refractivity contribution in [3.05, 3.63) is 29.8 Å². The molecule has 0 amide bonds. The summed E-state index contributed by atoms with van der Waals surface area (Å²) in [6, 6.07) is 9.17. The molecule has 0 saturated carbocycles. The lowest BCUT2D eigenvalue weighted by molar-refractivity contribution is 0.650. The average molecular weight is 204 g/mol. The van der Waals surface area contributed by atoms with E-state index in [1.165, 1.54) is 37.2 Å². The van der Waals surface area contributed by atoms with Gasteiger partial charge in [0.05, 0.1) is 0 Å². The molecule has 1 fully saturated rings. The number of rotatable bonds is 3. The van der Waals surface area contributed by atoms with Gasteiger partial charge in [-0.25, -0.2) is 0 Å². The van der Waals surface area contributed by atoms with Gasteiger partial charge in [0.1, 0.15) is 0 Å². The highest BCUT2D eigenvalue weighted by Crippen LogP contribution is 2.28. The Hall–Kier alpha value is -1.02. The molecule has 0 bridgehead atoms. The van der Waals surface area contributed by atoms with E-state index in [1.807, 2.05) is 7.05 Å². The summed E-state index contributed by atoms with van der Waals surface area (Å²) in [5.74, 6) is 0. The largest absolute Gasteiger partial charge is 0.371 e. The summed E-state index contributed by atoms with van der Waals surface area (Å²) >= 11 is 0. The van der Waals surface area contributed by atoms with Crippen molar-refractivity contribution < 1.29 is 0 Å². The van der Waals surface area contributed by atoms with Crippen molar-refractivity contribution in [2.45, 2.75) is 25.8 Å². The minimum Gasteiger partial charge on any atom is -0.371 e. The van der Waals surface area contributed by atoms with E-state index in [-0.39, 0.29) is 0 Å². The molecule has 2 heteroatoms. The quantitative estimate of drug-likeness (QED) is 0.814. The number of hydrogen-bond acceptors (Lipinski definition) is 2. The molecule has 0 aromatic heterocycles. The maximum absolute atomic E-state index is 3.32. The number of benzene rings is 1. The molecule has 1 unspecified atom stereocenters. The van der Waals surface area contributed by atoms with Crippen molar-refractivity contribution in [3.8, 4) is 0 Å². The van der Waals surface area contributed by atoms with Crippen LogP contribution in [0.5, 0.6) is 0 Å². The minimum atomic E-state index is 0.432. The highest BCUT2D eigenvalue weighted by molar-refractivity contribution is 5.55. The molecular formula is C13H20N2. The SMILES string of the molecule is CNC(C)c1ccccc1N1CCCC1. The summed E-state index contributed by atoms with van der Waals surface area (Å²) in [6.45, 7) is 4.65. The standard InChI is InChI=1S/C13H20N2/c1-11(14-2)12-7-3-4-8-13(12)15-9-5-6-10-15/h3-4,7-8,11,14H,5-6,9-10H2,1-2H3. The number of hydrogen-bond donors (Lipinski definition) is 1. The highest BCUT2D eigenvalue weighted by Gasteiger charge is 2.17. The molecule has 1 aromatic carbocycles. The van der Waals surface area contributed by atoms with Gasteiger partial charge in [0.2, 0.25) is 0 Å². The topological polar surface area (TPSA) is 15.3 Å². The van der Waals surface area contributed by atoms with Crippen molar-refractivity contribution in [1.29, 1.82) is 0 Å². The number of anilines is 1. The summed E-state index contributed by atoms with van der Waals surface area (Å²) in [5, 5.41) is 3.32. The second-order valence-corrected chi connectivity index (χ2v) is 4.26. The first-order valence-corrected chi connectivity index (χ1v) is 5.84. The van der Waals surface area contributed by atoms with Gasteiger partial charge >= 0.3 is 0 Å². The van der Waals surface area contributed by atoms with E-state index in [4.69, 9.17) is 0 Å². The van der Waals surface area contributed by atoms with Crippen LogP contribution < -0.4 is 10.2 Å². The third-order valence-corrected chi connectivity index (χ3v) is 3.28. The van der Waals surface area contributed by atoms with E-state index in [9.17, 15) is 0 Å². The molecule has 1 saturated heterocycles. The van der Waals surface area contributed by atoms with Crippen LogP contribution in [0, 0.1) is 0 Å². The molecule has 1 aromatic rings. The van der Waals surface area contributed by atoms with Crippen molar-refractivity contribution in [2.24, 2.45) is 0 Å². The van der Waals surface area contributed by atoms with Gasteiger partial charge < -0.3 is 10.2 Å². The Morgan fingerprint density at radius 2 is 1.87 bits per heavy atom. The van der Waals surface area contributed by atoms with Crippen LogP contribution in [0.3, 0.4) is 0 Å². The van der Waals surface area contributed by atoms with Gasteiger partial charge in [-0.15, -0.1) is 0 Å². The first kappa shape index (κ1) is 10.5. The van der Waals surface area contributed by atoms with Crippen LogP contribution in [0.2, 0.25) is 0 Å². The molecule has 1 aliphatic rings. The molecule has 0 radical (unpaired) electrons. The molecule has 0 spiro atoms. The van der Waals surface area contributed by atoms with Crippen LogP contribution in [0.15, 0.2) is 24.3 Å². The number of nitrogens with zero attached hydrogens (tertiary/aromatic N) is 1. The summed E-state index contributed by atoms with van der Waals surface area (Å²) < 4.78 is 0. The van der Waals surface area contributed by atoms with Crippen LogP contribution >= 0.6 is 0 Å². The second-order valence-electron chi connectivity index (χ2n) is 4.26. The van der Waals surface area contributed by atoms with Gasteiger partial charge in [0, 0.05) is 24.8 Å². The molecule has 1 heterocycles. The van der Waals surface area contributed by atoms with Gasteiger partial charge in [0.15, 0.2) is 0 Å². The molecule has 2 nitrogen and oxygen atoms in total. The smallest absolute Gasteiger partial charge is 0.0414 e. The van der Waals surface area contributed by atoms with Crippen LogP contribution in [0.1, 0.15) is 31.4 Å². The molecule has 2 rings (SSSR count). The Morgan fingerprint density at radius 3 is 2.53 bits per heavy atom. The lowest BCUT2D eigenvalue weighted by Gasteiger charge is -2.24. The average Bonchev–Trinajstić information content (AvgIpc) is 2.81.